The van der Waals surface area contributed by atoms with Crippen molar-refractivity contribution >= 4 is 23.7 Å². The third kappa shape index (κ3) is 6.06. The lowest BCUT2D eigenvalue weighted by atomic mass is 9.98. The SMILES string of the molecule is CC(CCC(=O)O)NC(=O)Cc1cccc(NC(=O)OCC2c3ccccc3-c3ccccc32)c1. The lowest BCUT2D eigenvalue weighted by molar-refractivity contribution is -0.137. The fraction of sp³-hybridized carbons (Fsp3) is 0.250. The summed E-state index contributed by atoms with van der Waals surface area (Å²) in [5, 5.41) is 14.3. The fourth-order valence-corrected chi connectivity index (χ4v) is 4.43. The molecule has 0 aromatic heterocycles. The molecule has 35 heavy (non-hydrogen) atoms. The van der Waals surface area contributed by atoms with Crippen LogP contribution in [0.15, 0.2) is 72.8 Å². The molecule has 0 saturated heterocycles. The molecule has 0 saturated carbocycles. The molecule has 1 atom stereocenters. The molecule has 7 heteroatoms. The lowest BCUT2D eigenvalue weighted by Crippen LogP contribution is -2.34. The minimum atomic E-state index is -0.891. The van der Waals surface area contributed by atoms with Crippen molar-refractivity contribution in [3.63, 3.8) is 0 Å². The number of nitrogens with one attached hydrogen (secondary N) is 2. The predicted molar refractivity (Wildman–Crippen MR) is 133 cm³/mol. The van der Waals surface area contributed by atoms with Gasteiger partial charge in [-0.2, -0.15) is 0 Å². The van der Waals surface area contributed by atoms with Gasteiger partial charge >= 0.3 is 12.1 Å². The first-order valence-electron chi connectivity index (χ1n) is 11.6. The number of hydrogen-bond donors (Lipinski definition) is 3. The standard InChI is InChI=1S/C28H28N2O5/c1-18(13-14-27(32)33)29-26(31)16-19-7-6-8-20(15-19)30-28(34)35-17-25-23-11-4-2-9-21(23)22-10-3-5-12-24(22)25/h2-12,15,18,25H,13-14,16-17H2,1H3,(H,29,31)(H,30,34)(H,32,33). The van der Waals surface area contributed by atoms with Crippen LogP contribution < -0.4 is 10.6 Å². The van der Waals surface area contributed by atoms with Crippen molar-refractivity contribution in [2.45, 2.75) is 38.1 Å². The average Bonchev–Trinajstić information content (AvgIpc) is 3.15. The molecule has 0 aliphatic heterocycles. The van der Waals surface area contributed by atoms with Crippen molar-refractivity contribution < 1.29 is 24.2 Å². The van der Waals surface area contributed by atoms with Gasteiger partial charge in [0.1, 0.15) is 6.61 Å². The number of carboxylic acid groups (broad SMARTS) is 1. The Kier molecular flexibility index (Phi) is 7.45. The second kappa shape index (κ2) is 10.9. The summed E-state index contributed by atoms with van der Waals surface area (Å²) in [4.78, 5) is 35.5. The van der Waals surface area contributed by atoms with Gasteiger partial charge in [-0.05, 0) is 53.3 Å². The monoisotopic (exact) mass is 472 g/mol. The molecule has 0 radical (unpaired) electrons. The summed E-state index contributed by atoms with van der Waals surface area (Å²) in [6.07, 6.45) is -0.0703. The molecule has 2 amide bonds. The highest BCUT2D eigenvalue weighted by Gasteiger charge is 2.29. The zero-order valence-corrected chi connectivity index (χ0v) is 19.5. The zero-order chi connectivity index (χ0) is 24.8. The largest absolute Gasteiger partial charge is 0.481 e. The molecule has 0 fully saturated rings. The summed E-state index contributed by atoms with van der Waals surface area (Å²) < 4.78 is 5.59. The van der Waals surface area contributed by atoms with Gasteiger partial charge in [-0.25, -0.2) is 4.79 Å². The van der Waals surface area contributed by atoms with Crippen LogP contribution in [0.25, 0.3) is 11.1 Å². The van der Waals surface area contributed by atoms with Crippen LogP contribution in [0.3, 0.4) is 0 Å². The van der Waals surface area contributed by atoms with Gasteiger partial charge in [0, 0.05) is 24.1 Å². The van der Waals surface area contributed by atoms with Crippen molar-refractivity contribution in [3.05, 3.63) is 89.5 Å². The number of carbonyl (C=O) groups excluding carboxylic acids is 2. The Balaban J connectivity index is 1.32. The molecule has 1 aliphatic rings. The average molecular weight is 473 g/mol. The minimum Gasteiger partial charge on any atom is -0.481 e. The Morgan fingerprint density at radius 1 is 0.943 bits per heavy atom. The highest BCUT2D eigenvalue weighted by Crippen LogP contribution is 2.44. The first-order valence-corrected chi connectivity index (χ1v) is 11.6. The number of anilines is 1. The minimum absolute atomic E-state index is 0.000982. The first kappa shape index (κ1) is 24.0. The molecule has 3 aromatic carbocycles. The second-order valence-corrected chi connectivity index (χ2v) is 8.73. The quantitative estimate of drug-likeness (QED) is 0.408. The van der Waals surface area contributed by atoms with Gasteiger partial charge < -0.3 is 15.2 Å². The molecular weight excluding hydrogens is 444 g/mol. The topological polar surface area (TPSA) is 105 Å². The van der Waals surface area contributed by atoms with E-state index in [-0.39, 0.29) is 37.3 Å². The number of hydrogen-bond acceptors (Lipinski definition) is 4. The second-order valence-electron chi connectivity index (χ2n) is 8.73. The highest BCUT2D eigenvalue weighted by molar-refractivity contribution is 5.86. The van der Waals surface area contributed by atoms with E-state index in [0.29, 0.717) is 12.1 Å². The van der Waals surface area contributed by atoms with Crippen LogP contribution in [0.4, 0.5) is 10.5 Å². The number of rotatable bonds is 9. The Bertz CT molecular complexity index is 1190. The van der Waals surface area contributed by atoms with Crippen molar-refractivity contribution in [3.8, 4) is 11.1 Å². The van der Waals surface area contributed by atoms with E-state index < -0.39 is 12.1 Å². The van der Waals surface area contributed by atoms with E-state index in [1.807, 2.05) is 24.3 Å². The van der Waals surface area contributed by atoms with Crippen LogP contribution >= 0.6 is 0 Å². The maximum atomic E-state index is 12.5. The third-order valence-electron chi connectivity index (χ3n) is 6.08. The molecule has 0 bridgehead atoms. The van der Waals surface area contributed by atoms with Crippen LogP contribution in [0.1, 0.15) is 42.4 Å². The van der Waals surface area contributed by atoms with Gasteiger partial charge in [0.05, 0.1) is 6.42 Å². The fourth-order valence-electron chi connectivity index (χ4n) is 4.43. The summed E-state index contributed by atoms with van der Waals surface area (Å²) in [5.74, 6) is -1.12. The van der Waals surface area contributed by atoms with Crippen molar-refractivity contribution in [1.82, 2.24) is 5.32 Å². The van der Waals surface area contributed by atoms with Gasteiger partial charge in [-0.3, -0.25) is 14.9 Å². The molecule has 1 unspecified atom stereocenters. The molecule has 3 aromatic rings. The number of carbonyl (C=O) groups is 3. The Morgan fingerprint density at radius 3 is 2.26 bits per heavy atom. The Morgan fingerprint density at radius 2 is 1.60 bits per heavy atom. The molecule has 0 heterocycles. The summed E-state index contributed by atoms with van der Waals surface area (Å²) in [6.45, 7) is 1.99. The van der Waals surface area contributed by atoms with Crippen LogP contribution in [0.2, 0.25) is 0 Å². The molecule has 0 spiro atoms. The number of benzene rings is 3. The van der Waals surface area contributed by atoms with E-state index in [1.165, 1.54) is 11.1 Å². The first-order chi connectivity index (χ1) is 16.9. The lowest BCUT2D eigenvalue weighted by Gasteiger charge is -2.15. The van der Waals surface area contributed by atoms with Gasteiger partial charge in [0.15, 0.2) is 0 Å². The normalized spacial score (nSPS) is 12.8. The van der Waals surface area contributed by atoms with Gasteiger partial charge in [0.2, 0.25) is 5.91 Å². The highest BCUT2D eigenvalue weighted by atomic mass is 16.5. The van der Waals surface area contributed by atoms with Crippen LogP contribution in [-0.4, -0.2) is 35.7 Å². The van der Waals surface area contributed by atoms with E-state index in [9.17, 15) is 14.4 Å². The third-order valence-corrected chi connectivity index (χ3v) is 6.08. The van der Waals surface area contributed by atoms with Crippen LogP contribution in [-0.2, 0) is 20.7 Å². The molecule has 1 aliphatic carbocycles. The summed E-state index contributed by atoms with van der Waals surface area (Å²) in [7, 11) is 0. The van der Waals surface area contributed by atoms with Crippen molar-refractivity contribution in [2.75, 3.05) is 11.9 Å². The van der Waals surface area contributed by atoms with Crippen LogP contribution in [0.5, 0.6) is 0 Å². The number of carboxylic acids is 1. The predicted octanol–water partition coefficient (Wildman–Crippen LogP) is 4.96. The molecule has 4 rings (SSSR count). The summed E-state index contributed by atoms with van der Waals surface area (Å²) in [5.41, 5.74) is 5.88. The molecule has 7 nitrogen and oxygen atoms in total. The van der Waals surface area contributed by atoms with E-state index in [0.717, 1.165) is 16.7 Å². The van der Waals surface area contributed by atoms with E-state index in [2.05, 4.69) is 34.9 Å². The molecule has 180 valence electrons. The number of ether oxygens (including phenoxy) is 1. The van der Waals surface area contributed by atoms with E-state index in [1.54, 1.807) is 31.2 Å². The molecular formula is C28H28N2O5. The summed E-state index contributed by atoms with van der Waals surface area (Å²) >= 11 is 0. The van der Waals surface area contributed by atoms with Gasteiger partial charge in [-0.15, -0.1) is 0 Å². The molecule has 3 N–H and O–H groups in total. The smallest absolute Gasteiger partial charge is 0.411 e. The number of aliphatic carboxylic acids is 1. The van der Waals surface area contributed by atoms with Gasteiger partial charge in [0.25, 0.3) is 0 Å². The zero-order valence-electron chi connectivity index (χ0n) is 19.5. The van der Waals surface area contributed by atoms with E-state index >= 15 is 0 Å². The Labute approximate surface area is 204 Å². The maximum absolute atomic E-state index is 12.5. The number of amides is 2. The summed E-state index contributed by atoms with van der Waals surface area (Å²) in [6, 6.07) is 23.1. The van der Waals surface area contributed by atoms with Gasteiger partial charge in [-0.1, -0.05) is 60.7 Å². The van der Waals surface area contributed by atoms with Crippen molar-refractivity contribution in [1.29, 1.82) is 0 Å². The Hall–Kier alpha value is -4.13. The van der Waals surface area contributed by atoms with Crippen molar-refractivity contribution in [2.24, 2.45) is 0 Å². The van der Waals surface area contributed by atoms with E-state index in [4.69, 9.17) is 9.84 Å². The van der Waals surface area contributed by atoms with Crippen LogP contribution in [0, 0.1) is 0 Å². The number of fused-ring (bicyclic) bond motifs is 3. The maximum Gasteiger partial charge on any atom is 0.411 e.